The predicted molar refractivity (Wildman–Crippen MR) is 58.6 cm³/mol. The maximum atomic E-state index is 11.6. The van der Waals surface area contributed by atoms with E-state index in [2.05, 4.69) is 25.6 Å². The van der Waals surface area contributed by atoms with Crippen molar-refractivity contribution in [3.63, 3.8) is 0 Å². The van der Waals surface area contributed by atoms with E-state index in [1.54, 1.807) is 18.1 Å². The molecule has 8 heteroatoms. The molecule has 3 N–H and O–H groups in total. The van der Waals surface area contributed by atoms with Gasteiger partial charge >= 0.3 is 0 Å². The van der Waals surface area contributed by atoms with E-state index in [1.165, 1.54) is 12.1 Å². The third-order valence-corrected chi connectivity index (χ3v) is 1.97. The molecule has 0 saturated heterocycles. The van der Waals surface area contributed by atoms with E-state index in [-0.39, 0.29) is 24.0 Å². The smallest absolute Gasteiger partial charge is 0.272 e. The van der Waals surface area contributed by atoms with Crippen LogP contribution in [0.1, 0.15) is 16.3 Å². The highest BCUT2D eigenvalue weighted by atomic mass is 16.1. The molecule has 2 rings (SSSR count). The first kappa shape index (κ1) is 11.0. The quantitative estimate of drug-likeness (QED) is 0.711. The van der Waals surface area contributed by atoms with Gasteiger partial charge in [-0.15, -0.1) is 10.2 Å². The minimum atomic E-state index is -0.343. The molecule has 0 aliphatic heterocycles. The molecular formula is C9H11N7O. The van der Waals surface area contributed by atoms with E-state index in [4.69, 9.17) is 5.73 Å². The van der Waals surface area contributed by atoms with Gasteiger partial charge in [0.1, 0.15) is 12.1 Å². The number of carbonyl (C=O) groups excluding carboxylic acids is 1. The van der Waals surface area contributed by atoms with E-state index in [0.717, 1.165) is 0 Å². The Labute approximate surface area is 96.9 Å². The van der Waals surface area contributed by atoms with Gasteiger partial charge in [0.15, 0.2) is 11.5 Å². The fourth-order valence-corrected chi connectivity index (χ4v) is 1.18. The molecule has 0 spiro atoms. The van der Waals surface area contributed by atoms with Crippen LogP contribution in [0.15, 0.2) is 18.5 Å². The zero-order chi connectivity index (χ0) is 12.3. The molecule has 8 nitrogen and oxygen atoms in total. The molecule has 0 aliphatic rings. The van der Waals surface area contributed by atoms with Gasteiger partial charge in [0.2, 0.25) is 0 Å². The topological polar surface area (TPSA) is 112 Å². The van der Waals surface area contributed by atoms with Gasteiger partial charge in [-0.05, 0) is 12.1 Å². The summed E-state index contributed by atoms with van der Waals surface area (Å²) in [5.74, 6) is 0.460. The van der Waals surface area contributed by atoms with E-state index >= 15 is 0 Å². The second-order valence-corrected chi connectivity index (χ2v) is 3.36. The zero-order valence-electron chi connectivity index (χ0n) is 9.16. The maximum Gasteiger partial charge on any atom is 0.272 e. The van der Waals surface area contributed by atoms with Crippen LogP contribution in [0, 0.1) is 0 Å². The molecule has 17 heavy (non-hydrogen) atoms. The van der Waals surface area contributed by atoms with Gasteiger partial charge in [-0.3, -0.25) is 9.48 Å². The molecule has 0 bridgehead atoms. The van der Waals surface area contributed by atoms with Crippen molar-refractivity contribution in [3.05, 3.63) is 30.0 Å². The van der Waals surface area contributed by atoms with Gasteiger partial charge in [0.25, 0.3) is 5.91 Å². The van der Waals surface area contributed by atoms with Gasteiger partial charge in [0.05, 0.1) is 6.54 Å². The van der Waals surface area contributed by atoms with Crippen molar-refractivity contribution in [2.45, 2.75) is 6.54 Å². The number of nitrogens with one attached hydrogen (secondary N) is 1. The average molecular weight is 233 g/mol. The van der Waals surface area contributed by atoms with Crippen LogP contribution < -0.4 is 11.1 Å². The second-order valence-electron chi connectivity index (χ2n) is 3.36. The van der Waals surface area contributed by atoms with Crippen LogP contribution >= 0.6 is 0 Å². The lowest BCUT2D eigenvalue weighted by atomic mass is 10.3. The normalized spacial score (nSPS) is 10.2. The third-order valence-electron chi connectivity index (χ3n) is 1.97. The predicted octanol–water partition coefficient (Wildman–Crippen LogP) is -0.883. The molecule has 2 aromatic rings. The molecule has 1 amide bonds. The van der Waals surface area contributed by atoms with Crippen molar-refractivity contribution in [2.75, 3.05) is 5.73 Å². The highest BCUT2D eigenvalue weighted by Gasteiger charge is 2.08. The van der Waals surface area contributed by atoms with Crippen LogP contribution in [0.2, 0.25) is 0 Å². The summed E-state index contributed by atoms with van der Waals surface area (Å²) in [6, 6.07) is 3.02. The molecule has 88 valence electrons. The first-order valence-corrected chi connectivity index (χ1v) is 4.87. The highest BCUT2D eigenvalue weighted by molar-refractivity contribution is 5.92. The van der Waals surface area contributed by atoms with Crippen LogP contribution in [0.3, 0.4) is 0 Å². The Morgan fingerprint density at radius 3 is 2.88 bits per heavy atom. The lowest BCUT2D eigenvalue weighted by molar-refractivity contribution is 0.0944. The number of carbonyl (C=O) groups is 1. The number of aromatic nitrogens is 5. The molecule has 0 aromatic carbocycles. The number of aryl methyl sites for hydroxylation is 1. The van der Waals surface area contributed by atoms with Crippen LogP contribution in [0.25, 0.3) is 0 Å². The summed E-state index contributed by atoms with van der Waals surface area (Å²) in [5, 5.41) is 13.9. The summed E-state index contributed by atoms with van der Waals surface area (Å²) in [7, 11) is 1.75. The first-order valence-electron chi connectivity index (χ1n) is 4.87. The Hall–Kier alpha value is -2.51. The first-order chi connectivity index (χ1) is 8.15. The fraction of sp³-hybridized carbons (Fsp3) is 0.222. The van der Waals surface area contributed by atoms with Crippen molar-refractivity contribution in [1.82, 2.24) is 30.3 Å². The van der Waals surface area contributed by atoms with Crippen molar-refractivity contribution in [1.29, 1.82) is 0 Å². The monoisotopic (exact) mass is 233 g/mol. The average Bonchev–Trinajstić information content (AvgIpc) is 2.73. The summed E-state index contributed by atoms with van der Waals surface area (Å²) in [4.78, 5) is 15.6. The number of anilines is 1. The van der Waals surface area contributed by atoms with E-state index in [0.29, 0.717) is 5.82 Å². The maximum absolute atomic E-state index is 11.6. The van der Waals surface area contributed by atoms with Crippen LogP contribution in [-0.2, 0) is 13.6 Å². The van der Waals surface area contributed by atoms with Crippen molar-refractivity contribution >= 4 is 11.7 Å². The second kappa shape index (κ2) is 4.56. The molecule has 0 fully saturated rings. The molecule has 2 heterocycles. The SMILES string of the molecule is Cn1cnc(CNC(=O)c2ccc(N)nn2)n1. The van der Waals surface area contributed by atoms with Gasteiger partial charge in [-0.2, -0.15) is 5.10 Å². The zero-order valence-corrected chi connectivity index (χ0v) is 9.16. The summed E-state index contributed by atoms with van der Waals surface area (Å²) in [6.45, 7) is 0.242. The third kappa shape index (κ3) is 2.74. The van der Waals surface area contributed by atoms with Gasteiger partial charge < -0.3 is 11.1 Å². The van der Waals surface area contributed by atoms with Crippen LogP contribution in [0.5, 0.6) is 0 Å². The lowest BCUT2D eigenvalue weighted by Crippen LogP contribution is -2.24. The number of nitrogens with zero attached hydrogens (tertiary/aromatic N) is 5. The number of nitrogens with two attached hydrogens (primary N) is 1. The summed E-state index contributed by atoms with van der Waals surface area (Å²) >= 11 is 0. The Morgan fingerprint density at radius 1 is 1.47 bits per heavy atom. The van der Waals surface area contributed by atoms with Gasteiger partial charge in [0, 0.05) is 7.05 Å². The standard InChI is InChI=1S/C9H11N7O/c1-16-5-12-8(15-16)4-11-9(17)6-2-3-7(10)14-13-6/h2-3,5H,4H2,1H3,(H2,10,14)(H,11,17). The van der Waals surface area contributed by atoms with Crippen LogP contribution in [-0.4, -0.2) is 30.9 Å². The number of hydrogen-bond acceptors (Lipinski definition) is 6. The summed E-state index contributed by atoms with van der Waals surface area (Å²) in [5.41, 5.74) is 5.57. The Morgan fingerprint density at radius 2 is 2.29 bits per heavy atom. The minimum absolute atomic E-state index is 0.204. The Balaban J connectivity index is 1.95. The van der Waals surface area contributed by atoms with Gasteiger partial charge in [-0.25, -0.2) is 4.98 Å². The largest absolute Gasteiger partial charge is 0.382 e. The molecule has 0 atom stereocenters. The number of amides is 1. The molecule has 0 aliphatic carbocycles. The number of hydrogen-bond donors (Lipinski definition) is 2. The van der Waals surface area contributed by atoms with Gasteiger partial charge in [-0.1, -0.05) is 0 Å². The van der Waals surface area contributed by atoms with E-state index < -0.39 is 0 Å². The molecule has 2 aromatic heterocycles. The Kier molecular flexibility index (Phi) is 2.95. The molecular weight excluding hydrogens is 222 g/mol. The minimum Gasteiger partial charge on any atom is -0.382 e. The van der Waals surface area contributed by atoms with Crippen molar-refractivity contribution in [2.24, 2.45) is 7.05 Å². The molecule has 0 saturated carbocycles. The fourth-order valence-electron chi connectivity index (χ4n) is 1.18. The van der Waals surface area contributed by atoms with Crippen molar-refractivity contribution < 1.29 is 4.79 Å². The van der Waals surface area contributed by atoms with Crippen molar-refractivity contribution in [3.8, 4) is 0 Å². The number of rotatable bonds is 3. The number of nitrogen functional groups attached to an aromatic ring is 1. The van der Waals surface area contributed by atoms with E-state index in [9.17, 15) is 4.79 Å². The highest BCUT2D eigenvalue weighted by Crippen LogP contribution is 1.97. The molecule has 0 unspecified atom stereocenters. The molecule has 0 radical (unpaired) electrons. The summed E-state index contributed by atoms with van der Waals surface area (Å²) < 4.78 is 1.56. The van der Waals surface area contributed by atoms with E-state index in [1.807, 2.05) is 0 Å². The Bertz CT molecular complexity index is 518. The lowest BCUT2D eigenvalue weighted by Gasteiger charge is -2.01. The van der Waals surface area contributed by atoms with Crippen LogP contribution in [0.4, 0.5) is 5.82 Å². The summed E-state index contributed by atoms with van der Waals surface area (Å²) in [6.07, 6.45) is 1.56.